The molecule has 0 N–H and O–H groups in total. The fraction of sp³-hybridized carbons (Fsp3) is 0.800. The molecule has 0 aromatic carbocycles. The fourth-order valence-electron chi connectivity index (χ4n) is 1.64. The maximum absolute atomic E-state index is 5.34. The van der Waals surface area contributed by atoms with E-state index >= 15 is 0 Å². The van der Waals surface area contributed by atoms with Gasteiger partial charge >= 0.3 is 0 Å². The molecular formula is C10H17N3OS. The van der Waals surface area contributed by atoms with Gasteiger partial charge in [0, 0.05) is 18.5 Å². The third kappa shape index (κ3) is 2.29. The van der Waals surface area contributed by atoms with Crippen LogP contribution in [-0.4, -0.2) is 35.1 Å². The standard InChI is InChI=1S/C10H17N3OS/c1-10(2,3)8-9(12-15-11-8)13-4-6-14-7-5-13/h4-7H2,1-3H3. The summed E-state index contributed by atoms with van der Waals surface area (Å²) in [7, 11) is 0. The van der Waals surface area contributed by atoms with Crippen LogP contribution < -0.4 is 4.90 Å². The van der Waals surface area contributed by atoms with Crippen LogP contribution >= 0.6 is 11.7 Å². The van der Waals surface area contributed by atoms with E-state index in [1.807, 2.05) is 0 Å². The number of hydrogen-bond donors (Lipinski definition) is 0. The van der Waals surface area contributed by atoms with Gasteiger partial charge in [-0.2, -0.15) is 8.75 Å². The fourth-order valence-corrected chi connectivity index (χ4v) is 2.40. The Morgan fingerprint density at radius 2 is 1.87 bits per heavy atom. The maximum atomic E-state index is 5.34. The molecule has 1 fully saturated rings. The molecule has 0 spiro atoms. The molecule has 0 saturated carbocycles. The lowest BCUT2D eigenvalue weighted by atomic mass is 9.92. The molecule has 1 aromatic heterocycles. The molecule has 2 heterocycles. The van der Waals surface area contributed by atoms with Gasteiger partial charge in [0.15, 0.2) is 5.82 Å². The second-order valence-corrected chi connectivity index (χ2v) is 5.31. The van der Waals surface area contributed by atoms with Crippen LogP contribution in [0, 0.1) is 0 Å². The van der Waals surface area contributed by atoms with Crippen LogP contribution in [-0.2, 0) is 10.2 Å². The maximum Gasteiger partial charge on any atom is 0.166 e. The van der Waals surface area contributed by atoms with Gasteiger partial charge in [0.1, 0.15) is 5.69 Å². The normalized spacial score (nSPS) is 18.2. The van der Waals surface area contributed by atoms with Gasteiger partial charge in [-0.3, -0.25) is 0 Å². The topological polar surface area (TPSA) is 38.2 Å². The monoisotopic (exact) mass is 227 g/mol. The summed E-state index contributed by atoms with van der Waals surface area (Å²) >= 11 is 1.30. The zero-order chi connectivity index (χ0) is 10.9. The first-order chi connectivity index (χ1) is 7.09. The molecule has 0 amide bonds. The largest absolute Gasteiger partial charge is 0.378 e. The number of hydrogen-bond acceptors (Lipinski definition) is 5. The number of aromatic nitrogens is 2. The van der Waals surface area contributed by atoms with Crippen molar-refractivity contribution < 1.29 is 4.74 Å². The van der Waals surface area contributed by atoms with Crippen molar-refractivity contribution in [2.75, 3.05) is 31.2 Å². The van der Waals surface area contributed by atoms with Crippen LogP contribution in [0.4, 0.5) is 5.82 Å². The predicted molar refractivity (Wildman–Crippen MR) is 61.6 cm³/mol. The highest BCUT2D eigenvalue weighted by Gasteiger charge is 2.26. The minimum absolute atomic E-state index is 0.0701. The molecule has 84 valence electrons. The summed E-state index contributed by atoms with van der Waals surface area (Å²) in [5, 5.41) is 0. The Hall–Kier alpha value is -0.680. The summed E-state index contributed by atoms with van der Waals surface area (Å²) in [4.78, 5) is 2.27. The second kappa shape index (κ2) is 4.06. The van der Waals surface area contributed by atoms with Gasteiger partial charge in [0.25, 0.3) is 0 Å². The average Bonchev–Trinajstić information content (AvgIpc) is 2.67. The van der Waals surface area contributed by atoms with Crippen LogP contribution in [0.15, 0.2) is 0 Å². The highest BCUT2D eigenvalue weighted by Crippen LogP contribution is 2.30. The Balaban J connectivity index is 2.24. The predicted octanol–water partition coefficient (Wildman–Crippen LogP) is 1.67. The van der Waals surface area contributed by atoms with Crippen molar-refractivity contribution in [1.82, 2.24) is 8.75 Å². The van der Waals surface area contributed by atoms with Crippen LogP contribution in [0.3, 0.4) is 0 Å². The van der Waals surface area contributed by atoms with Crippen LogP contribution in [0.25, 0.3) is 0 Å². The van der Waals surface area contributed by atoms with Crippen molar-refractivity contribution in [3.05, 3.63) is 5.69 Å². The van der Waals surface area contributed by atoms with Crippen molar-refractivity contribution in [2.24, 2.45) is 0 Å². The molecule has 2 rings (SSSR count). The van der Waals surface area contributed by atoms with E-state index in [1.54, 1.807) is 0 Å². The number of rotatable bonds is 1. The third-order valence-electron chi connectivity index (χ3n) is 2.49. The van der Waals surface area contributed by atoms with Gasteiger partial charge in [0.2, 0.25) is 0 Å². The third-order valence-corrected chi connectivity index (χ3v) is 3.01. The van der Waals surface area contributed by atoms with E-state index in [4.69, 9.17) is 4.74 Å². The summed E-state index contributed by atoms with van der Waals surface area (Å²) in [6.45, 7) is 9.96. The molecular weight excluding hydrogens is 210 g/mol. The minimum Gasteiger partial charge on any atom is -0.378 e. The van der Waals surface area contributed by atoms with Gasteiger partial charge in [-0.25, -0.2) is 0 Å². The van der Waals surface area contributed by atoms with E-state index < -0.39 is 0 Å². The average molecular weight is 227 g/mol. The Bertz CT molecular complexity index is 326. The van der Waals surface area contributed by atoms with Gasteiger partial charge in [-0.1, -0.05) is 20.8 Å². The lowest BCUT2D eigenvalue weighted by Crippen LogP contribution is -2.37. The lowest BCUT2D eigenvalue weighted by molar-refractivity contribution is 0.122. The van der Waals surface area contributed by atoms with E-state index in [0.717, 1.165) is 37.8 Å². The molecule has 0 unspecified atom stereocenters. The van der Waals surface area contributed by atoms with Crippen molar-refractivity contribution >= 4 is 17.5 Å². The van der Waals surface area contributed by atoms with Crippen molar-refractivity contribution in [1.29, 1.82) is 0 Å². The van der Waals surface area contributed by atoms with E-state index in [2.05, 4.69) is 34.4 Å². The summed E-state index contributed by atoms with van der Waals surface area (Å²) < 4.78 is 14.2. The van der Waals surface area contributed by atoms with Crippen LogP contribution in [0.2, 0.25) is 0 Å². The number of anilines is 1. The van der Waals surface area contributed by atoms with E-state index in [0.29, 0.717) is 0 Å². The summed E-state index contributed by atoms with van der Waals surface area (Å²) in [5.74, 6) is 1.05. The van der Waals surface area contributed by atoms with Gasteiger partial charge in [-0.05, 0) is 0 Å². The minimum atomic E-state index is 0.0701. The quantitative estimate of drug-likeness (QED) is 0.731. The highest BCUT2D eigenvalue weighted by atomic mass is 32.1. The first-order valence-corrected chi connectivity index (χ1v) is 5.98. The van der Waals surface area contributed by atoms with E-state index in [9.17, 15) is 0 Å². The Morgan fingerprint density at radius 3 is 2.47 bits per heavy atom. The first-order valence-electron chi connectivity index (χ1n) is 5.25. The molecule has 1 aromatic rings. The molecule has 4 nitrogen and oxygen atoms in total. The second-order valence-electron chi connectivity index (χ2n) is 4.79. The van der Waals surface area contributed by atoms with Crippen molar-refractivity contribution in [3.63, 3.8) is 0 Å². The van der Waals surface area contributed by atoms with Gasteiger partial charge in [0.05, 0.1) is 24.9 Å². The Labute approximate surface area is 94.6 Å². The lowest BCUT2D eigenvalue weighted by Gasteiger charge is -2.29. The molecule has 1 aliphatic heterocycles. The SMILES string of the molecule is CC(C)(C)c1nsnc1N1CCOCC1. The summed E-state index contributed by atoms with van der Waals surface area (Å²) in [6, 6.07) is 0. The van der Waals surface area contributed by atoms with Crippen LogP contribution in [0.5, 0.6) is 0 Å². The molecule has 1 saturated heterocycles. The molecule has 0 radical (unpaired) electrons. The smallest absolute Gasteiger partial charge is 0.166 e. The van der Waals surface area contributed by atoms with Gasteiger partial charge in [-0.15, -0.1) is 0 Å². The Morgan fingerprint density at radius 1 is 1.20 bits per heavy atom. The highest BCUT2D eigenvalue weighted by molar-refractivity contribution is 6.99. The van der Waals surface area contributed by atoms with Crippen molar-refractivity contribution in [3.8, 4) is 0 Å². The van der Waals surface area contributed by atoms with Crippen LogP contribution in [0.1, 0.15) is 26.5 Å². The number of nitrogens with zero attached hydrogens (tertiary/aromatic N) is 3. The molecule has 0 aliphatic carbocycles. The number of morpholine rings is 1. The van der Waals surface area contributed by atoms with E-state index in [1.165, 1.54) is 11.7 Å². The molecule has 1 aliphatic rings. The molecule has 0 atom stereocenters. The molecule has 15 heavy (non-hydrogen) atoms. The zero-order valence-electron chi connectivity index (χ0n) is 9.49. The first kappa shape index (κ1) is 10.8. The van der Waals surface area contributed by atoms with Crippen molar-refractivity contribution in [2.45, 2.75) is 26.2 Å². The van der Waals surface area contributed by atoms with Gasteiger partial charge < -0.3 is 9.64 Å². The van der Waals surface area contributed by atoms with E-state index in [-0.39, 0.29) is 5.41 Å². The Kier molecular flexibility index (Phi) is 2.93. The summed E-state index contributed by atoms with van der Waals surface area (Å²) in [6.07, 6.45) is 0. The zero-order valence-corrected chi connectivity index (χ0v) is 10.3. The summed E-state index contributed by atoms with van der Waals surface area (Å²) in [5.41, 5.74) is 1.18. The number of ether oxygens (including phenoxy) is 1. The molecule has 5 heteroatoms. The molecule has 0 bridgehead atoms.